The molecule has 25 heavy (non-hydrogen) atoms. The van der Waals surface area contributed by atoms with Crippen molar-refractivity contribution in [2.75, 3.05) is 11.6 Å². The summed E-state index contributed by atoms with van der Waals surface area (Å²) in [5, 5.41) is 4.79. The molecular formula is C15H10Cl2N2O3S3. The van der Waals surface area contributed by atoms with E-state index in [-0.39, 0.29) is 10.5 Å². The molecule has 0 saturated heterocycles. The second-order valence-electron chi connectivity index (χ2n) is 5.03. The van der Waals surface area contributed by atoms with E-state index in [1.807, 2.05) is 0 Å². The number of halogens is 2. The van der Waals surface area contributed by atoms with Crippen LogP contribution in [0.1, 0.15) is 10.4 Å². The number of carbonyl (C=O) groups excluding carboxylic acids is 1. The summed E-state index contributed by atoms with van der Waals surface area (Å²) in [5.41, 5.74) is 1.54. The first-order valence-electron chi connectivity index (χ1n) is 6.76. The Morgan fingerprint density at radius 2 is 2.00 bits per heavy atom. The molecule has 130 valence electrons. The predicted molar refractivity (Wildman–Crippen MR) is 103 cm³/mol. The Morgan fingerprint density at radius 1 is 1.24 bits per heavy atom. The van der Waals surface area contributed by atoms with Crippen LogP contribution in [0.25, 0.3) is 11.3 Å². The summed E-state index contributed by atoms with van der Waals surface area (Å²) in [6.07, 6.45) is 1.09. The number of thiazole rings is 1. The minimum absolute atomic E-state index is 0.0830. The Morgan fingerprint density at radius 3 is 2.64 bits per heavy atom. The lowest BCUT2D eigenvalue weighted by Crippen LogP contribution is -2.12. The Bertz CT molecular complexity index is 1060. The molecule has 2 aromatic heterocycles. The van der Waals surface area contributed by atoms with Gasteiger partial charge in [-0.3, -0.25) is 10.1 Å². The number of rotatable bonds is 4. The van der Waals surface area contributed by atoms with Gasteiger partial charge >= 0.3 is 0 Å². The zero-order chi connectivity index (χ0) is 18.2. The van der Waals surface area contributed by atoms with Gasteiger partial charge in [0.1, 0.15) is 4.34 Å². The lowest BCUT2D eigenvalue weighted by atomic mass is 10.2. The van der Waals surface area contributed by atoms with Gasteiger partial charge in [0.2, 0.25) is 0 Å². The van der Waals surface area contributed by atoms with E-state index in [9.17, 15) is 13.2 Å². The van der Waals surface area contributed by atoms with E-state index in [4.69, 9.17) is 23.2 Å². The van der Waals surface area contributed by atoms with Gasteiger partial charge in [0.15, 0.2) is 15.0 Å². The van der Waals surface area contributed by atoms with E-state index < -0.39 is 15.7 Å². The highest BCUT2D eigenvalue weighted by Crippen LogP contribution is 2.39. The third-order valence-electron chi connectivity index (χ3n) is 3.18. The van der Waals surface area contributed by atoms with E-state index in [0.717, 1.165) is 6.26 Å². The van der Waals surface area contributed by atoms with Gasteiger partial charge in [-0.25, -0.2) is 13.4 Å². The molecule has 2 heterocycles. The first-order valence-corrected chi connectivity index (χ1v) is 11.1. The highest BCUT2D eigenvalue weighted by atomic mass is 35.5. The molecule has 0 aliphatic carbocycles. The van der Waals surface area contributed by atoms with Crippen LogP contribution in [-0.4, -0.2) is 25.6 Å². The molecule has 1 amide bonds. The van der Waals surface area contributed by atoms with Gasteiger partial charge in [-0.2, -0.15) is 0 Å². The van der Waals surface area contributed by atoms with Crippen molar-refractivity contribution in [3.05, 3.63) is 49.9 Å². The number of benzene rings is 1. The fraction of sp³-hybridized carbons (Fsp3) is 0.0667. The minimum Gasteiger partial charge on any atom is -0.298 e. The van der Waals surface area contributed by atoms with Crippen molar-refractivity contribution in [3.8, 4) is 11.3 Å². The Labute approximate surface area is 162 Å². The van der Waals surface area contributed by atoms with Crippen LogP contribution in [-0.2, 0) is 9.84 Å². The summed E-state index contributed by atoms with van der Waals surface area (Å²) < 4.78 is 24.3. The molecule has 3 aromatic rings. The number of aromatic nitrogens is 1. The molecule has 0 unspecified atom stereocenters. The Hall–Kier alpha value is -1.45. The van der Waals surface area contributed by atoms with E-state index in [1.165, 1.54) is 46.9 Å². The van der Waals surface area contributed by atoms with Gasteiger partial charge in [0, 0.05) is 22.8 Å². The van der Waals surface area contributed by atoms with Crippen molar-refractivity contribution in [2.45, 2.75) is 4.90 Å². The SMILES string of the molecule is CS(=O)(=O)c1cccc(C(=O)Nc2nc(-c3cc(Cl)sc3Cl)cs2)c1. The number of amides is 1. The highest BCUT2D eigenvalue weighted by molar-refractivity contribution is 7.90. The topological polar surface area (TPSA) is 76.1 Å². The number of thiophene rings is 1. The van der Waals surface area contributed by atoms with Gasteiger partial charge in [0.05, 0.1) is 14.9 Å². The van der Waals surface area contributed by atoms with E-state index in [0.29, 0.717) is 25.1 Å². The molecule has 0 radical (unpaired) electrons. The van der Waals surface area contributed by atoms with Crippen LogP contribution in [0.3, 0.4) is 0 Å². The van der Waals surface area contributed by atoms with Gasteiger partial charge < -0.3 is 0 Å². The molecule has 5 nitrogen and oxygen atoms in total. The van der Waals surface area contributed by atoms with Crippen LogP contribution < -0.4 is 5.32 Å². The van der Waals surface area contributed by atoms with Crippen LogP contribution in [0.5, 0.6) is 0 Å². The number of nitrogens with one attached hydrogen (secondary N) is 1. The highest BCUT2D eigenvalue weighted by Gasteiger charge is 2.15. The maximum atomic E-state index is 12.3. The number of nitrogens with zero attached hydrogens (tertiary/aromatic N) is 1. The summed E-state index contributed by atoms with van der Waals surface area (Å²) in [6, 6.07) is 7.54. The van der Waals surface area contributed by atoms with Crippen molar-refractivity contribution in [3.63, 3.8) is 0 Å². The van der Waals surface area contributed by atoms with Crippen molar-refractivity contribution in [2.24, 2.45) is 0 Å². The van der Waals surface area contributed by atoms with E-state index >= 15 is 0 Å². The molecule has 1 N–H and O–H groups in total. The zero-order valence-corrected chi connectivity index (χ0v) is 16.6. The van der Waals surface area contributed by atoms with Gasteiger partial charge in [-0.05, 0) is 24.3 Å². The van der Waals surface area contributed by atoms with Crippen molar-refractivity contribution in [1.82, 2.24) is 4.98 Å². The van der Waals surface area contributed by atoms with Crippen molar-refractivity contribution in [1.29, 1.82) is 0 Å². The number of sulfone groups is 1. The van der Waals surface area contributed by atoms with Gasteiger partial charge in [-0.1, -0.05) is 29.3 Å². The molecule has 0 fully saturated rings. The molecule has 1 aromatic carbocycles. The monoisotopic (exact) mass is 432 g/mol. The standard InChI is InChI=1S/C15H10Cl2N2O3S3/c1-25(21,22)9-4-2-3-8(5-9)14(20)19-15-18-11(7-23-15)10-6-12(16)24-13(10)17/h2-7H,1H3,(H,18,19,20). The lowest BCUT2D eigenvalue weighted by Gasteiger charge is -2.04. The molecule has 0 aliphatic heterocycles. The molecule has 0 spiro atoms. The molecular weight excluding hydrogens is 423 g/mol. The van der Waals surface area contributed by atoms with Crippen LogP contribution in [0.2, 0.25) is 8.67 Å². The lowest BCUT2D eigenvalue weighted by molar-refractivity contribution is 0.102. The second kappa shape index (κ2) is 7.05. The van der Waals surface area contributed by atoms with Crippen molar-refractivity contribution >= 4 is 66.8 Å². The third-order valence-corrected chi connectivity index (χ3v) is 6.54. The van der Waals surface area contributed by atoms with E-state index in [2.05, 4.69) is 10.3 Å². The predicted octanol–water partition coefficient (Wildman–Crippen LogP) is 4.83. The molecule has 0 bridgehead atoms. The number of anilines is 1. The largest absolute Gasteiger partial charge is 0.298 e. The number of carbonyl (C=O) groups is 1. The Balaban J connectivity index is 1.82. The van der Waals surface area contributed by atoms with Crippen molar-refractivity contribution < 1.29 is 13.2 Å². The summed E-state index contributed by atoms with van der Waals surface area (Å²) in [7, 11) is -3.39. The first kappa shape index (κ1) is 18.3. The third kappa shape index (κ3) is 4.21. The fourth-order valence-corrected chi connectivity index (χ4v) is 4.86. The maximum absolute atomic E-state index is 12.3. The molecule has 0 saturated carbocycles. The van der Waals surface area contributed by atoms with Crippen LogP contribution in [0, 0.1) is 0 Å². The number of hydrogen-bond donors (Lipinski definition) is 1. The summed E-state index contributed by atoms with van der Waals surface area (Å²) >= 11 is 14.5. The molecule has 10 heteroatoms. The normalized spacial score (nSPS) is 11.5. The zero-order valence-electron chi connectivity index (χ0n) is 12.6. The summed E-state index contributed by atoms with van der Waals surface area (Å²) in [6.45, 7) is 0. The molecule has 3 rings (SSSR count). The van der Waals surface area contributed by atoms with Crippen LogP contribution in [0.4, 0.5) is 5.13 Å². The van der Waals surface area contributed by atoms with Gasteiger partial charge in [0.25, 0.3) is 5.91 Å². The summed E-state index contributed by atoms with van der Waals surface area (Å²) in [4.78, 5) is 16.7. The first-order chi connectivity index (χ1) is 11.7. The van der Waals surface area contributed by atoms with E-state index in [1.54, 1.807) is 11.4 Å². The molecule has 0 atom stereocenters. The summed E-state index contributed by atoms with van der Waals surface area (Å²) in [5.74, 6) is -0.444. The Kier molecular flexibility index (Phi) is 5.17. The molecule has 0 aliphatic rings. The van der Waals surface area contributed by atoms with Gasteiger partial charge in [-0.15, -0.1) is 22.7 Å². The quantitative estimate of drug-likeness (QED) is 0.639. The maximum Gasteiger partial charge on any atom is 0.257 e. The van der Waals surface area contributed by atoms with Crippen LogP contribution >= 0.6 is 45.9 Å². The average molecular weight is 433 g/mol. The minimum atomic E-state index is -3.39. The second-order valence-corrected chi connectivity index (χ2v) is 10.2. The number of hydrogen-bond acceptors (Lipinski definition) is 6. The van der Waals surface area contributed by atoms with Crippen LogP contribution in [0.15, 0.2) is 40.6 Å². The average Bonchev–Trinajstić information content (AvgIpc) is 3.12. The fourth-order valence-electron chi connectivity index (χ4n) is 2.01. The smallest absolute Gasteiger partial charge is 0.257 e.